The number of benzene rings is 2. The Morgan fingerprint density at radius 1 is 0.429 bits per heavy atom. The molecule has 2 aromatic carbocycles. The molecule has 0 heterocycles. The first kappa shape index (κ1) is 33.5. The first-order valence-corrected chi connectivity index (χ1v) is 11.0. The summed E-state index contributed by atoms with van der Waals surface area (Å²) in [7, 11) is 0. The molecule has 0 unspecified atom stereocenters. The van der Waals surface area contributed by atoms with E-state index in [0.717, 1.165) is 0 Å². The van der Waals surface area contributed by atoms with Crippen LogP contribution in [0, 0.1) is 0 Å². The van der Waals surface area contributed by atoms with E-state index < -0.39 is 0 Å². The average molecular weight is 385 g/mol. The van der Waals surface area contributed by atoms with E-state index in [-0.39, 0.29) is 0 Å². The average Bonchev–Trinajstić information content (AvgIpc) is 2.79. The van der Waals surface area contributed by atoms with Gasteiger partial charge >= 0.3 is 0 Å². The smallest absolute Gasteiger partial charge is 0.0256 e. The van der Waals surface area contributed by atoms with Gasteiger partial charge < -0.3 is 0 Å². The molecule has 0 spiro atoms. The second-order valence-electron chi connectivity index (χ2n) is 5.15. The summed E-state index contributed by atoms with van der Waals surface area (Å²) < 4.78 is 0. The normalized spacial score (nSPS) is 7.86. The summed E-state index contributed by atoms with van der Waals surface area (Å²) in [6, 6.07) is 20.6. The van der Waals surface area contributed by atoms with Gasteiger partial charge in [-0.2, -0.15) is 0 Å². The fourth-order valence-corrected chi connectivity index (χ4v) is 1.32. The number of hydrogen-bond acceptors (Lipinski definition) is 0. The molecule has 0 saturated heterocycles. The van der Waals surface area contributed by atoms with Gasteiger partial charge in [0.05, 0.1) is 0 Å². The minimum Gasteiger partial charge on any atom is -0.0778 e. The Morgan fingerprint density at radius 3 is 0.821 bits per heavy atom. The first-order chi connectivity index (χ1) is 13.6. The maximum absolute atomic E-state index is 2.12. The molecule has 0 atom stereocenters. The second-order valence-corrected chi connectivity index (χ2v) is 5.15. The first-order valence-electron chi connectivity index (χ1n) is 11.0. The molecule has 0 N–H and O–H groups in total. The summed E-state index contributed by atoms with van der Waals surface area (Å²) in [5, 5.41) is 0. The van der Waals surface area contributed by atoms with Crippen molar-refractivity contribution in [2.75, 3.05) is 0 Å². The van der Waals surface area contributed by atoms with E-state index in [4.69, 9.17) is 0 Å². The van der Waals surface area contributed by atoms with Gasteiger partial charge in [-0.25, -0.2) is 0 Å². The van der Waals surface area contributed by atoms with Crippen LogP contribution in [0.15, 0.2) is 71.8 Å². The molecular formula is C28H48. The van der Waals surface area contributed by atoms with E-state index in [1.54, 1.807) is 0 Å². The molecule has 0 aromatic heterocycles. The van der Waals surface area contributed by atoms with E-state index in [1.807, 2.05) is 91.8 Å². The highest BCUT2D eigenvalue weighted by Gasteiger charge is 1.84. The fourth-order valence-electron chi connectivity index (χ4n) is 1.32. The van der Waals surface area contributed by atoms with Crippen molar-refractivity contribution in [3.63, 3.8) is 0 Å². The zero-order valence-electron chi connectivity index (χ0n) is 20.9. The molecule has 0 aliphatic rings. The van der Waals surface area contributed by atoms with Crippen molar-refractivity contribution in [2.45, 2.75) is 83.1 Å². The lowest BCUT2D eigenvalue weighted by atomic mass is 10.1. The van der Waals surface area contributed by atoms with E-state index in [1.165, 1.54) is 22.3 Å². The lowest BCUT2D eigenvalue weighted by molar-refractivity contribution is 1.23. The van der Waals surface area contributed by atoms with Gasteiger partial charge in [0.1, 0.15) is 0 Å². The monoisotopic (exact) mass is 384 g/mol. The highest BCUT2D eigenvalue weighted by Crippen LogP contribution is 2.06. The van der Waals surface area contributed by atoms with Gasteiger partial charge in [0.15, 0.2) is 0 Å². The summed E-state index contributed by atoms with van der Waals surface area (Å²) in [5.74, 6) is 0. The summed E-state index contributed by atoms with van der Waals surface area (Å²) in [4.78, 5) is 0. The summed E-state index contributed by atoms with van der Waals surface area (Å²) >= 11 is 0. The Balaban J connectivity index is -0.000000174. The van der Waals surface area contributed by atoms with Gasteiger partial charge in [-0.15, -0.1) is 0 Å². The van der Waals surface area contributed by atoms with Crippen molar-refractivity contribution in [1.29, 1.82) is 0 Å². The Kier molecular flexibility index (Phi) is 35.5. The van der Waals surface area contributed by atoms with E-state index in [2.05, 4.69) is 64.1 Å². The third-order valence-electron chi connectivity index (χ3n) is 3.07. The zero-order chi connectivity index (χ0) is 22.8. The molecule has 2 aromatic rings. The predicted octanol–water partition coefficient (Wildman–Crippen LogP) is 10.3. The molecule has 0 amide bonds. The van der Waals surface area contributed by atoms with Crippen LogP contribution in [0.5, 0.6) is 0 Å². The molecule has 0 nitrogen and oxygen atoms in total. The van der Waals surface area contributed by atoms with Crippen LogP contribution in [0.4, 0.5) is 0 Å². The molecule has 0 saturated carbocycles. The molecule has 0 bridgehead atoms. The van der Waals surface area contributed by atoms with Crippen LogP contribution in [0.2, 0.25) is 0 Å². The van der Waals surface area contributed by atoms with Gasteiger partial charge in [0.2, 0.25) is 0 Å². The SMILES string of the molecule is C(=C\c1ccccc1)/c1ccccc1.CC.CC.CC.CC.CC(C)=C(C)C. The summed E-state index contributed by atoms with van der Waals surface area (Å²) in [5.41, 5.74) is 5.32. The third-order valence-corrected chi connectivity index (χ3v) is 3.07. The van der Waals surface area contributed by atoms with E-state index >= 15 is 0 Å². The summed E-state index contributed by atoms with van der Waals surface area (Å²) in [6.45, 7) is 24.5. The largest absolute Gasteiger partial charge is 0.0778 e. The molecule has 0 radical (unpaired) electrons. The van der Waals surface area contributed by atoms with Gasteiger partial charge in [-0.1, -0.05) is 139 Å². The van der Waals surface area contributed by atoms with Crippen molar-refractivity contribution in [3.05, 3.63) is 82.9 Å². The van der Waals surface area contributed by atoms with E-state index in [0.29, 0.717) is 0 Å². The van der Waals surface area contributed by atoms with Crippen molar-refractivity contribution in [3.8, 4) is 0 Å². The molecule has 0 aliphatic carbocycles. The molecule has 160 valence electrons. The topological polar surface area (TPSA) is 0 Å². The molecule has 2 rings (SSSR count). The maximum atomic E-state index is 2.12. The Hall–Kier alpha value is -2.08. The second kappa shape index (κ2) is 29.7. The molecule has 0 heteroatoms. The third kappa shape index (κ3) is 23.9. The van der Waals surface area contributed by atoms with Gasteiger partial charge in [-0.05, 0) is 38.8 Å². The van der Waals surface area contributed by atoms with Crippen molar-refractivity contribution in [1.82, 2.24) is 0 Å². The quantitative estimate of drug-likeness (QED) is 0.357. The highest BCUT2D eigenvalue weighted by molar-refractivity contribution is 5.69. The molecular weight excluding hydrogens is 336 g/mol. The zero-order valence-corrected chi connectivity index (χ0v) is 20.9. The van der Waals surface area contributed by atoms with Crippen molar-refractivity contribution >= 4 is 12.2 Å². The fraction of sp³-hybridized carbons (Fsp3) is 0.429. The van der Waals surface area contributed by atoms with Gasteiger partial charge in [0, 0.05) is 0 Å². The number of allylic oxidation sites excluding steroid dienone is 2. The van der Waals surface area contributed by atoms with Crippen LogP contribution in [0.1, 0.15) is 94.2 Å². The van der Waals surface area contributed by atoms with Crippen LogP contribution in [-0.4, -0.2) is 0 Å². The predicted molar refractivity (Wildman–Crippen MR) is 137 cm³/mol. The van der Waals surface area contributed by atoms with Crippen LogP contribution < -0.4 is 0 Å². The van der Waals surface area contributed by atoms with Crippen LogP contribution in [0.3, 0.4) is 0 Å². The van der Waals surface area contributed by atoms with Gasteiger partial charge in [-0.3, -0.25) is 0 Å². The van der Waals surface area contributed by atoms with E-state index in [9.17, 15) is 0 Å². The van der Waals surface area contributed by atoms with Crippen LogP contribution in [-0.2, 0) is 0 Å². The minimum absolute atomic E-state index is 1.23. The Bertz CT molecular complexity index is 486. The minimum atomic E-state index is 1.23. The molecule has 0 aliphatic heterocycles. The number of hydrogen-bond donors (Lipinski definition) is 0. The summed E-state index contributed by atoms with van der Waals surface area (Å²) in [6.07, 6.45) is 4.24. The Morgan fingerprint density at radius 2 is 0.643 bits per heavy atom. The highest BCUT2D eigenvalue weighted by atomic mass is 13.9. The van der Waals surface area contributed by atoms with Gasteiger partial charge in [0.25, 0.3) is 0 Å². The molecule has 0 fully saturated rings. The maximum Gasteiger partial charge on any atom is -0.0256 e. The number of rotatable bonds is 2. The van der Waals surface area contributed by atoms with Crippen LogP contribution in [0.25, 0.3) is 12.2 Å². The molecule has 28 heavy (non-hydrogen) atoms. The van der Waals surface area contributed by atoms with Crippen molar-refractivity contribution < 1.29 is 0 Å². The standard InChI is InChI=1S/C14H12.C6H12.4C2H6/c1-3-7-13(8-4-1)11-12-14-9-5-2-6-10-14;1-5(2)6(3)4;4*1-2/h1-12H;1-4H3;4*1-2H3/b12-11+;;;;;. The Labute approximate surface area is 178 Å². The van der Waals surface area contributed by atoms with Crippen molar-refractivity contribution in [2.24, 2.45) is 0 Å². The lowest BCUT2D eigenvalue weighted by Gasteiger charge is -1.92. The van der Waals surface area contributed by atoms with Crippen LogP contribution >= 0.6 is 0 Å². The lowest BCUT2D eigenvalue weighted by Crippen LogP contribution is -1.70.